The summed E-state index contributed by atoms with van der Waals surface area (Å²) in [6, 6.07) is 10.5. The maximum absolute atomic E-state index is 13.0. The molecule has 0 fully saturated rings. The van der Waals surface area contributed by atoms with Crippen LogP contribution in [-0.2, 0) is 11.8 Å². The number of benzene rings is 1. The van der Waals surface area contributed by atoms with Crippen molar-refractivity contribution in [3.05, 3.63) is 65.7 Å². The molecular formula is C15H17FN2. The first kappa shape index (κ1) is 12.7. The van der Waals surface area contributed by atoms with Crippen LogP contribution in [0.4, 0.5) is 4.39 Å². The van der Waals surface area contributed by atoms with Gasteiger partial charge >= 0.3 is 0 Å². The van der Waals surface area contributed by atoms with E-state index in [0.717, 1.165) is 17.5 Å². The van der Waals surface area contributed by atoms with Gasteiger partial charge in [-0.3, -0.25) is 4.98 Å². The van der Waals surface area contributed by atoms with E-state index in [1.165, 1.54) is 12.1 Å². The molecular weight excluding hydrogens is 227 g/mol. The minimum absolute atomic E-state index is 0.198. The molecule has 1 heterocycles. The van der Waals surface area contributed by atoms with Gasteiger partial charge in [-0.15, -0.1) is 0 Å². The molecule has 0 aliphatic rings. The Morgan fingerprint density at radius 3 is 2.50 bits per heavy atom. The first-order valence-electron chi connectivity index (χ1n) is 5.99. The van der Waals surface area contributed by atoms with Gasteiger partial charge in [0, 0.05) is 24.4 Å². The van der Waals surface area contributed by atoms with E-state index in [9.17, 15) is 4.39 Å². The van der Waals surface area contributed by atoms with Crippen molar-refractivity contribution >= 4 is 0 Å². The van der Waals surface area contributed by atoms with Crippen LogP contribution in [0.15, 0.2) is 48.8 Å². The second-order valence-corrected chi connectivity index (χ2v) is 4.81. The molecule has 2 rings (SSSR count). The van der Waals surface area contributed by atoms with Gasteiger partial charge in [-0.25, -0.2) is 4.39 Å². The summed E-state index contributed by atoms with van der Waals surface area (Å²) in [6.07, 6.45) is 4.39. The van der Waals surface area contributed by atoms with Crippen molar-refractivity contribution in [1.82, 2.24) is 4.98 Å². The molecule has 1 aromatic heterocycles. The van der Waals surface area contributed by atoms with Crippen molar-refractivity contribution in [3.63, 3.8) is 0 Å². The molecule has 18 heavy (non-hydrogen) atoms. The Morgan fingerprint density at radius 2 is 1.94 bits per heavy atom. The second-order valence-electron chi connectivity index (χ2n) is 4.81. The van der Waals surface area contributed by atoms with Crippen LogP contribution in [-0.4, -0.2) is 11.5 Å². The third-order valence-electron chi connectivity index (χ3n) is 3.31. The molecule has 0 saturated carbocycles. The zero-order valence-corrected chi connectivity index (χ0v) is 10.4. The van der Waals surface area contributed by atoms with Gasteiger partial charge in [0.25, 0.3) is 0 Å². The summed E-state index contributed by atoms with van der Waals surface area (Å²) in [5.41, 5.74) is 7.90. The minimum Gasteiger partial charge on any atom is -0.330 e. The topological polar surface area (TPSA) is 38.9 Å². The van der Waals surface area contributed by atoms with Crippen molar-refractivity contribution in [3.8, 4) is 0 Å². The van der Waals surface area contributed by atoms with Crippen molar-refractivity contribution in [2.24, 2.45) is 5.73 Å². The zero-order chi connectivity index (χ0) is 13.0. The standard InChI is InChI=1S/C15H17FN2/c1-15(11-17,9-12-3-2-8-18-10-12)13-4-6-14(16)7-5-13/h2-8,10H,9,11,17H2,1H3. The van der Waals surface area contributed by atoms with E-state index in [0.29, 0.717) is 6.54 Å². The first-order valence-corrected chi connectivity index (χ1v) is 5.99. The summed E-state index contributed by atoms with van der Waals surface area (Å²) in [6.45, 7) is 2.60. The van der Waals surface area contributed by atoms with Crippen molar-refractivity contribution in [2.75, 3.05) is 6.54 Å². The number of hydrogen-bond acceptors (Lipinski definition) is 2. The third-order valence-corrected chi connectivity index (χ3v) is 3.31. The van der Waals surface area contributed by atoms with E-state index < -0.39 is 0 Å². The maximum Gasteiger partial charge on any atom is 0.123 e. The molecule has 0 bridgehead atoms. The van der Waals surface area contributed by atoms with Crippen LogP contribution in [0.1, 0.15) is 18.1 Å². The number of hydrogen-bond donors (Lipinski definition) is 1. The number of halogens is 1. The highest BCUT2D eigenvalue weighted by atomic mass is 19.1. The summed E-state index contributed by atoms with van der Waals surface area (Å²) in [5.74, 6) is -0.223. The molecule has 2 nitrogen and oxygen atoms in total. The highest BCUT2D eigenvalue weighted by Crippen LogP contribution is 2.27. The summed E-state index contributed by atoms with van der Waals surface area (Å²) < 4.78 is 13.0. The Hall–Kier alpha value is -1.74. The fourth-order valence-electron chi connectivity index (χ4n) is 2.10. The lowest BCUT2D eigenvalue weighted by atomic mass is 9.77. The molecule has 1 unspecified atom stereocenters. The minimum atomic E-state index is -0.223. The van der Waals surface area contributed by atoms with Crippen LogP contribution in [0.3, 0.4) is 0 Å². The molecule has 0 saturated heterocycles. The number of rotatable bonds is 4. The number of pyridine rings is 1. The largest absolute Gasteiger partial charge is 0.330 e. The van der Waals surface area contributed by atoms with E-state index in [1.807, 2.05) is 18.3 Å². The number of aromatic nitrogens is 1. The van der Waals surface area contributed by atoms with Gasteiger partial charge in [0.2, 0.25) is 0 Å². The van der Waals surface area contributed by atoms with Crippen molar-refractivity contribution < 1.29 is 4.39 Å². The van der Waals surface area contributed by atoms with Gasteiger partial charge in [0.15, 0.2) is 0 Å². The molecule has 0 aliphatic heterocycles. The Kier molecular flexibility index (Phi) is 3.72. The average molecular weight is 244 g/mol. The van der Waals surface area contributed by atoms with Crippen LogP contribution in [0, 0.1) is 5.82 Å². The van der Waals surface area contributed by atoms with Crippen LogP contribution in [0.5, 0.6) is 0 Å². The normalized spacial score (nSPS) is 14.2. The highest BCUT2D eigenvalue weighted by molar-refractivity contribution is 5.28. The summed E-state index contributed by atoms with van der Waals surface area (Å²) >= 11 is 0. The van der Waals surface area contributed by atoms with E-state index >= 15 is 0 Å². The predicted molar refractivity (Wildman–Crippen MR) is 70.7 cm³/mol. The summed E-state index contributed by atoms with van der Waals surface area (Å²) in [5, 5.41) is 0. The molecule has 1 aromatic carbocycles. The van der Waals surface area contributed by atoms with Gasteiger partial charge in [-0.1, -0.05) is 25.1 Å². The molecule has 94 valence electrons. The lowest BCUT2D eigenvalue weighted by Gasteiger charge is -2.28. The summed E-state index contributed by atoms with van der Waals surface area (Å²) in [7, 11) is 0. The van der Waals surface area contributed by atoms with E-state index in [4.69, 9.17) is 5.73 Å². The first-order chi connectivity index (χ1) is 8.64. The predicted octanol–water partition coefficient (Wildman–Crippen LogP) is 2.68. The van der Waals surface area contributed by atoms with E-state index in [-0.39, 0.29) is 11.2 Å². The number of nitrogens with two attached hydrogens (primary N) is 1. The molecule has 0 amide bonds. The molecule has 2 aromatic rings. The van der Waals surface area contributed by atoms with Gasteiger partial charge in [0.05, 0.1) is 0 Å². The Bertz CT molecular complexity index is 496. The lowest BCUT2D eigenvalue weighted by molar-refractivity contribution is 0.479. The van der Waals surface area contributed by atoms with E-state index in [2.05, 4.69) is 11.9 Å². The van der Waals surface area contributed by atoms with Crippen molar-refractivity contribution in [2.45, 2.75) is 18.8 Å². The second kappa shape index (κ2) is 5.27. The smallest absolute Gasteiger partial charge is 0.123 e. The average Bonchev–Trinajstić information content (AvgIpc) is 2.40. The highest BCUT2D eigenvalue weighted by Gasteiger charge is 2.25. The fraction of sp³-hybridized carbons (Fsp3) is 0.267. The van der Waals surface area contributed by atoms with E-state index in [1.54, 1.807) is 18.3 Å². The molecule has 1 atom stereocenters. The Balaban J connectivity index is 2.28. The monoisotopic (exact) mass is 244 g/mol. The zero-order valence-electron chi connectivity index (χ0n) is 10.4. The molecule has 0 aliphatic carbocycles. The lowest BCUT2D eigenvalue weighted by Crippen LogP contribution is -2.34. The fourth-order valence-corrected chi connectivity index (χ4v) is 2.10. The van der Waals surface area contributed by atoms with Crippen LogP contribution in [0.2, 0.25) is 0 Å². The van der Waals surface area contributed by atoms with Crippen molar-refractivity contribution in [1.29, 1.82) is 0 Å². The summed E-state index contributed by atoms with van der Waals surface area (Å²) in [4.78, 5) is 4.11. The molecule has 0 spiro atoms. The maximum atomic E-state index is 13.0. The Labute approximate surface area is 107 Å². The third kappa shape index (κ3) is 2.74. The Morgan fingerprint density at radius 1 is 1.22 bits per heavy atom. The van der Waals surface area contributed by atoms with Gasteiger partial charge in [0.1, 0.15) is 5.82 Å². The molecule has 0 radical (unpaired) electrons. The molecule has 2 N–H and O–H groups in total. The quantitative estimate of drug-likeness (QED) is 0.898. The number of nitrogens with zero attached hydrogens (tertiary/aromatic N) is 1. The molecule has 3 heteroatoms. The van der Waals surface area contributed by atoms with Gasteiger partial charge in [-0.2, -0.15) is 0 Å². The SMILES string of the molecule is CC(CN)(Cc1cccnc1)c1ccc(F)cc1. The van der Waals surface area contributed by atoms with Gasteiger partial charge < -0.3 is 5.73 Å². The van der Waals surface area contributed by atoms with Crippen LogP contribution < -0.4 is 5.73 Å². The van der Waals surface area contributed by atoms with Crippen LogP contribution >= 0.6 is 0 Å². The van der Waals surface area contributed by atoms with Gasteiger partial charge in [-0.05, 0) is 35.7 Å². The van der Waals surface area contributed by atoms with Crippen LogP contribution in [0.25, 0.3) is 0 Å².